The van der Waals surface area contributed by atoms with Crippen LogP contribution in [0, 0.1) is 0 Å². The molecule has 33 heavy (non-hydrogen) atoms. The van der Waals surface area contributed by atoms with Gasteiger partial charge in [-0.05, 0) is 36.8 Å². The molecule has 0 aliphatic carbocycles. The van der Waals surface area contributed by atoms with Crippen LogP contribution in [0.3, 0.4) is 0 Å². The number of aromatic nitrogens is 1. The van der Waals surface area contributed by atoms with Gasteiger partial charge in [-0.3, -0.25) is 9.69 Å². The molecular formula is C25H31ClN4O2S. The maximum atomic E-state index is 12.6. The number of piperazine rings is 1. The van der Waals surface area contributed by atoms with Crippen LogP contribution in [0.5, 0.6) is 5.75 Å². The lowest BCUT2D eigenvalue weighted by molar-refractivity contribution is 0.0947. The number of rotatable bonds is 10. The molecule has 0 spiro atoms. The Hall–Kier alpha value is -2.35. The predicted octanol–water partition coefficient (Wildman–Crippen LogP) is 5.07. The lowest BCUT2D eigenvalue weighted by atomic mass is 10.2. The SMILES string of the molecule is CCCCCOc1cccc(C(=O)NCCN2CCN(c3nc4c(Cl)cccc4s3)CC2)c1. The van der Waals surface area contributed by atoms with Crippen molar-refractivity contribution in [1.29, 1.82) is 0 Å². The number of anilines is 1. The van der Waals surface area contributed by atoms with Crippen LogP contribution >= 0.6 is 22.9 Å². The number of hydrogen-bond donors (Lipinski definition) is 1. The molecular weight excluding hydrogens is 456 g/mol. The Labute approximate surface area is 204 Å². The quantitative estimate of drug-likeness (QED) is 0.405. The number of halogens is 1. The summed E-state index contributed by atoms with van der Waals surface area (Å²) in [4.78, 5) is 22.0. The maximum Gasteiger partial charge on any atom is 0.251 e. The number of thiazole rings is 1. The van der Waals surface area contributed by atoms with Gasteiger partial charge in [-0.25, -0.2) is 4.98 Å². The molecule has 1 aliphatic heterocycles. The van der Waals surface area contributed by atoms with Gasteiger partial charge in [0.1, 0.15) is 11.3 Å². The molecule has 6 nitrogen and oxygen atoms in total. The summed E-state index contributed by atoms with van der Waals surface area (Å²) in [5.74, 6) is 0.699. The summed E-state index contributed by atoms with van der Waals surface area (Å²) in [6.45, 7) is 8.04. The fourth-order valence-electron chi connectivity index (χ4n) is 3.90. The highest BCUT2D eigenvalue weighted by atomic mass is 35.5. The van der Waals surface area contributed by atoms with Crippen molar-refractivity contribution in [2.24, 2.45) is 0 Å². The summed E-state index contributed by atoms with van der Waals surface area (Å²) < 4.78 is 6.89. The molecule has 2 heterocycles. The van der Waals surface area contributed by atoms with Crippen molar-refractivity contribution >= 4 is 44.2 Å². The number of hydrogen-bond acceptors (Lipinski definition) is 6. The van der Waals surface area contributed by atoms with E-state index in [1.54, 1.807) is 11.3 Å². The second-order valence-electron chi connectivity index (χ2n) is 8.25. The summed E-state index contributed by atoms with van der Waals surface area (Å²) in [7, 11) is 0. The number of fused-ring (bicyclic) bond motifs is 1. The number of benzene rings is 2. The standard InChI is InChI=1S/C25H31ClN4O2S/c1-2-3-4-17-32-20-8-5-7-19(18-20)24(31)27-11-12-29-13-15-30(16-14-29)25-28-23-21(26)9-6-10-22(23)33-25/h5-10,18H,2-4,11-17H2,1H3,(H,27,31). The first kappa shape index (κ1) is 23.8. The van der Waals surface area contributed by atoms with Crippen molar-refractivity contribution in [3.8, 4) is 5.75 Å². The lowest BCUT2D eigenvalue weighted by Gasteiger charge is -2.34. The third kappa shape index (κ3) is 6.37. The van der Waals surface area contributed by atoms with Gasteiger partial charge < -0.3 is 15.0 Å². The van der Waals surface area contributed by atoms with Gasteiger partial charge in [-0.2, -0.15) is 0 Å². The maximum absolute atomic E-state index is 12.6. The monoisotopic (exact) mass is 486 g/mol. The Morgan fingerprint density at radius 2 is 1.97 bits per heavy atom. The first-order valence-electron chi connectivity index (χ1n) is 11.7. The van der Waals surface area contributed by atoms with E-state index in [1.807, 2.05) is 36.4 Å². The largest absolute Gasteiger partial charge is 0.494 e. The van der Waals surface area contributed by atoms with E-state index in [0.717, 1.165) is 73.1 Å². The number of para-hydroxylation sites is 1. The van der Waals surface area contributed by atoms with Gasteiger partial charge in [0.2, 0.25) is 0 Å². The number of ether oxygens (including phenoxy) is 1. The fraction of sp³-hybridized carbons (Fsp3) is 0.440. The molecule has 0 saturated carbocycles. The van der Waals surface area contributed by atoms with Crippen LogP contribution in [0.1, 0.15) is 36.5 Å². The molecule has 1 fully saturated rings. The number of nitrogens with zero attached hydrogens (tertiary/aromatic N) is 3. The molecule has 0 atom stereocenters. The first-order valence-corrected chi connectivity index (χ1v) is 12.9. The minimum Gasteiger partial charge on any atom is -0.494 e. The zero-order valence-corrected chi connectivity index (χ0v) is 20.6. The van der Waals surface area contributed by atoms with Crippen molar-refractivity contribution < 1.29 is 9.53 Å². The zero-order chi connectivity index (χ0) is 23.0. The summed E-state index contributed by atoms with van der Waals surface area (Å²) in [6.07, 6.45) is 3.36. The van der Waals surface area contributed by atoms with Crippen LogP contribution in [0.15, 0.2) is 42.5 Å². The third-order valence-corrected chi connectivity index (χ3v) is 7.21. The van der Waals surface area contributed by atoms with Crippen LogP contribution in [0.25, 0.3) is 10.2 Å². The van der Waals surface area contributed by atoms with E-state index in [-0.39, 0.29) is 5.91 Å². The van der Waals surface area contributed by atoms with E-state index in [0.29, 0.717) is 23.7 Å². The third-order valence-electron chi connectivity index (χ3n) is 5.83. The van der Waals surface area contributed by atoms with E-state index in [2.05, 4.69) is 28.1 Å². The minimum absolute atomic E-state index is 0.0565. The van der Waals surface area contributed by atoms with Crippen LogP contribution in [0.2, 0.25) is 5.02 Å². The fourth-order valence-corrected chi connectivity index (χ4v) is 5.22. The summed E-state index contributed by atoms with van der Waals surface area (Å²) in [5, 5.41) is 4.78. The van der Waals surface area contributed by atoms with Gasteiger partial charge in [0.05, 0.1) is 16.3 Å². The van der Waals surface area contributed by atoms with Gasteiger partial charge in [0.15, 0.2) is 5.13 Å². The average molecular weight is 487 g/mol. The number of amides is 1. The Kier molecular flexibility index (Phi) is 8.42. The van der Waals surface area contributed by atoms with Crippen molar-refractivity contribution in [3.63, 3.8) is 0 Å². The first-order chi connectivity index (χ1) is 16.1. The smallest absolute Gasteiger partial charge is 0.251 e. The van der Waals surface area contributed by atoms with E-state index in [9.17, 15) is 4.79 Å². The topological polar surface area (TPSA) is 57.7 Å². The van der Waals surface area contributed by atoms with Gasteiger partial charge in [-0.15, -0.1) is 0 Å². The number of carbonyl (C=O) groups excluding carboxylic acids is 1. The van der Waals surface area contributed by atoms with E-state index >= 15 is 0 Å². The predicted molar refractivity (Wildman–Crippen MR) is 137 cm³/mol. The van der Waals surface area contributed by atoms with Crippen LogP contribution < -0.4 is 15.0 Å². The Bertz CT molecular complexity index is 1070. The number of nitrogens with one attached hydrogen (secondary N) is 1. The molecule has 176 valence electrons. The number of unbranched alkanes of at least 4 members (excludes halogenated alkanes) is 2. The van der Waals surface area contributed by atoms with Crippen molar-refractivity contribution in [2.75, 3.05) is 50.8 Å². The second kappa shape index (κ2) is 11.7. The number of carbonyl (C=O) groups is 1. The Balaban J connectivity index is 1.20. The van der Waals surface area contributed by atoms with Crippen LogP contribution in [0.4, 0.5) is 5.13 Å². The molecule has 4 rings (SSSR count). The van der Waals surface area contributed by atoms with Gasteiger partial charge >= 0.3 is 0 Å². The Morgan fingerprint density at radius 3 is 2.76 bits per heavy atom. The molecule has 0 bridgehead atoms. The van der Waals surface area contributed by atoms with Gasteiger partial charge in [-0.1, -0.05) is 54.8 Å². The van der Waals surface area contributed by atoms with E-state index in [4.69, 9.17) is 21.3 Å². The van der Waals surface area contributed by atoms with E-state index in [1.165, 1.54) is 0 Å². The molecule has 2 aromatic carbocycles. The molecule has 1 amide bonds. The Morgan fingerprint density at radius 1 is 1.15 bits per heavy atom. The molecule has 0 unspecified atom stereocenters. The van der Waals surface area contributed by atoms with E-state index < -0.39 is 0 Å². The highest BCUT2D eigenvalue weighted by Gasteiger charge is 2.20. The van der Waals surface area contributed by atoms with Gasteiger partial charge in [0.25, 0.3) is 5.91 Å². The van der Waals surface area contributed by atoms with Crippen LogP contribution in [-0.2, 0) is 0 Å². The van der Waals surface area contributed by atoms with Crippen LogP contribution in [-0.4, -0.2) is 61.7 Å². The highest BCUT2D eigenvalue weighted by Crippen LogP contribution is 2.33. The molecule has 8 heteroatoms. The molecule has 3 aromatic rings. The van der Waals surface area contributed by atoms with Crippen molar-refractivity contribution in [1.82, 2.24) is 15.2 Å². The molecule has 1 saturated heterocycles. The highest BCUT2D eigenvalue weighted by molar-refractivity contribution is 7.22. The molecule has 0 radical (unpaired) electrons. The summed E-state index contributed by atoms with van der Waals surface area (Å²) in [6, 6.07) is 13.4. The molecule has 1 N–H and O–H groups in total. The lowest BCUT2D eigenvalue weighted by Crippen LogP contribution is -2.48. The summed E-state index contributed by atoms with van der Waals surface area (Å²) >= 11 is 7.97. The molecule has 1 aliphatic rings. The second-order valence-corrected chi connectivity index (χ2v) is 9.67. The van der Waals surface area contributed by atoms with Gasteiger partial charge in [0, 0.05) is 44.8 Å². The average Bonchev–Trinajstić information content (AvgIpc) is 3.28. The molecule has 1 aromatic heterocycles. The zero-order valence-electron chi connectivity index (χ0n) is 19.1. The van der Waals surface area contributed by atoms with Crippen molar-refractivity contribution in [2.45, 2.75) is 26.2 Å². The van der Waals surface area contributed by atoms with Crippen molar-refractivity contribution in [3.05, 3.63) is 53.1 Å². The summed E-state index contributed by atoms with van der Waals surface area (Å²) in [5.41, 5.74) is 1.53. The minimum atomic E-state index is -0.0565. The normalized spacial score (nSPS) is 14.5.